The van der Waals surface area contributed by atoms with Crippen LogP contribution >= 0.6 is 11.3 Å². The van der Waals surface area contributed by atoms with E-state index in [1.807, 2.05) is 16.9 Å². The van der Waals surface area contributed by atoms with Crippen molar-refractivity contribution in [1.82, 2.24) is 19.4 Å². The maximum Gasteiger partial charge on any atom is 0.335 e. The summed E-state index contributed by atoms with van der Waals surface area (Å²) in [6.45, 7) is 2.93. The summed E-state index contributed by atoms with van der Waals surface area (Å²) in [5, 5.41) is 2.54. The van der Waals surface area contributed by atoms with Gasteiger partial charge in [-0.1, -0.05) is 0 Å². The molecule has 29 heavy (non-hydrogen) atoms. The first-order valence-corrected chi connectivity index (χ1v) is 9.58. The van der Waals surface area contributed by atoms with Crippen molar-refractivity contribution >= 4 is 35.0 Å². The van der Waals surface area contributed by atoms with Gasteiger partial charge in [-0.05, 0) is 32.0 Å². The van der Waals surface area contributed by atoms with E-state index in [2.05, 4.69) is 4.98 Å². The summed E-state index contributed by atoms with van der Waals surface area (Å²) in [5.41, 5.74) is 1.82. The normalized spacial score (nSPS) is 14.3. The van der Waals surface area contributed by atoms with Gasteiger partial charge in [-0.25, -0.2) is 19.6 Å². The van der Waals surface area contributed by atoms with Gasteiger partial charge in [0.15, 0.2) is 10.9 Å². The lowest BCUT2D eigenvalue weighted by atomic mass is 10.1. The van der Waals surface area contributed by atoms with Gasteiger partial charge in [-0.2, -0.15) is 0 Å². The summed E-state index contributed by atoms with van der Waals surface area (Å²) in [6.07, 6.45) is 3.07. The molecule has 148 valence electrons. The number of aryl methyl sites for hydroxylation is 1. The van der Waals surface area contributed by atoms with Crippen LogP contribution < -0.4 is 0 Å². The Hall–Kier alpha value is -3.53. The van der Waals surface area contributed by atoms with Crippen LogP contribution in [0.2, 0.25) is 0 Å². The molecule has 4 heterocycles. The number of imide groups is 2. The van der Waals surface area contributed by atoms with Crippen LogP contribution in [0.25, 0.3) is 5.13 Å². The monoisotopic (exact) mass is 412 g/mol. The number of nitrogens with zero attached hydrogens (tertiary/aromatic N) is 4. The van der Waals surface area contributed by atoms with E-state index in [0.717, 1.165) is 10.6 Å². The Balaban J connectivity index is 1.56. The summed E-state index contributed by atoms with van der Waals surface area (Å²) in [6, 6.07) is 4.05. The Morgan fingerprint density at radius 3 is 2.59 bits per heavy atom. The zero-order valence-electron chi connectivity index (χ0n) is 15.6. The first-order chi connectivity index (χ1) is 13.9. The maximum absolute atomic E-state index is 12.9. The second-order valence-corrected chi connectivity index (χ2v) is 7.38. The molecule has 4 amide bonds. The van der Waals surface area contributed by atoms with E-state index in [0.29, 0.717) is 27.0 Å². The third kappa shape index (κ3) is 3.17. The molecular formula is C19H16N4O5S. The second kappa shape index (κ2) is 7.13. The predicted octanol–water partition coefficient (Wildman–Crippen LogP) is 2.32. The summed E-state index contributed by atoms with van der Waals surface area (Å²) in [7, 11) is 0. The number of carbonyl (C=O) groups is 4. The highest BCUT2D eigenvalue weighted by molar-refractivity contribution is 7.12. The quantitative estimate of drug-likeness (QED) is 0.349. The summed E-state index contributed by atoms with van der Waals surface area (Å²) in [5.74, 6) is -2.08. The highest BCUT2D eigenvalue weighted by Gasteiger charge is 2.45. The Morgan fingerprint density at radius 2 is 1.93 bits per heavy atom. The van der Waals surface area contributed by atoms with Crippen molar-refractivity contribution in [2.75, 3.05) is 6.54 Å². The Morgan fingerprint density at radius 1 is 1.17 bits per heavy atom. The molecule has 1 saturated heterocycles. The first-order valence-electron chi connectivity index (χ1n) is 8.70. The number of amides is 4. The lowest BCUT2D eigenvalue weighted by molar-refractivity contribution is -0.143. The topological polar surface area (TPSA) is 106 Å². The number of urea groups is 1. The van der Waals surface area contributed by atoms with Gasteiger partial charge in [0.25, 0.3) is 0 Å². The van der Waals surface area contributed by atoms with Crippen molar-refractivity contribution in [3.8, 4) is 5.13 Å². The summed E-state index contributed by atoms with van der Waals surface area (Å²) in [4.78, 5) is 55.6. The molecule has 0 atom stereocenters. The Kier molecular flexibility index (Phi) is 4.63. The minimum absolute atomic E-state index is 0.167. The molecule has 3 aromatic heterocycles. The highest BCUT2D eigenvalue weighted by atomic mass is 32.1. The van der Waals surface area contributed by atoms with Crippen LogP contribution in [-0.4, -0.2) is 49.5 Å². The van der Waals surface area contributed by atoms with Crippen LogP contribution in [0.15, 0.2) is 40.5 Å². The molecule has 4 rings (SSSR count). The number of thiazole rings is 1. The maximum atomic E-state index is 12.9. The van der Waals surface area contributed by atoms with Gasteiger partial charge in [0, 0.05) is 28.5 Å². The van der Waals surface area contributed by atoms with Crippen LogP contribution in [-0.2, 0) is 16.1 Å². The number of carbonyl (C=O) groups excluding carboxylic acids is 4. The van der Waals surface area contributed by atoms with Crippen LogP contribution in [0.5, 0.6) is 0 Å². The van der Waals surface area contributed by atoms with Gasteiger partial charge in [0.05, 0.1) is 19.4 Å². The van der Waals surface area contributed by atoms with Gasteiger partial charge in [0.1, 0.15) is 5.76 Å². The van der Waals surface area contributed by atoms with Crippen molar-refractivity contribution in [2.24, 2.45) is 0 Å². The molecule has 0 unspecified atom stereocenters. The molecule has 1 aliphatic rings. The lowest BCUT2D eigenvalue weighted by Crippen LogP contribution is -2.37. The van der Waals surface area contributed by atoms with E-state index in [-0.39, 0.29) is 6.54 Å². The van der Waals surface area contributed by atoms with E-state index in [4.69, 9.17) is 4.42 Å². The Labute approximate surface area is 169 Å². The SMILES string of the molecule is Cc1cc(C(=O)CN2C(=O)C(=O)N(Cc3ccco3)C2=O)c(C)n1-c1nccs1. The largest absolute Gasteiger partial charge is 0.467 e. The second-order valence-electron chi connectivity index (χ2n) is 6.50. The molecule has 0 aliphatic carbocycles. The number of rotatable bonds is 6. The number of ketones is 1. The van der Waals surface area contributed by atoms with E-state index in [9.17, 15) is 19.2 Å². The standard InChI is InChI=1S/C19H16N4O5S/c1-11-8-14(12(2)23(11)18-20-5-7-29-18)15(24)10-22-17(26)16(25)21(19(22)27)9-13-4-3-6-28-13/h3-8H,9-10H2,1-2H3. The molecule has 0 radical (unpaired) electrons. The zero-order valence-corrected chi connectivity index (χ0v) is 16.4. The minimum Gasteiger partial charge on any atom is -0.467 e. The molecule has 0 bridgehead atoms. The molecule has 9 nitrogen and oxygen atoms in total. The van der Waals surface area contributed by atoms with Crippen LogP contribution in [0.3, 0.4) is 0 Å². The molecule has 1 fully saturated rings. The van der Waals surface area contributed by atoms with Crippen molar-refractivity contribution < 1.29 is 23.6 Å². The number of aromatic nitrogens is 2. The first kappa shape index (κ1) is 18.8. The van der Waals surface area contributed by atoms with Gasteiger partial charge in [-0.3, -0.25) is 19.0 Å². The number of hydrogen-bond acceptors (Lipinski definition) is 7. The molecule has 0 saturated carbocycles. The fourth-order valence-corrected chi connectivity index (χ4v) is 4.03. The van der Waals surface area contributed by atoms with E-state index >= 15 is 0 Å². The average Bonchev–Trinajstić information content (AvgIpc) is 3.46. The molecule has 10 heteroatoms. The highest BCUT2D eigenvalue weighted by Crippen LogP contribution is 2.24. The van der Waals surface area contributed by atoms with Crippen molar-refractivity contribution in [3.63, 3.8) is 0 Å². The average molecular weight is 412 g/mol. The van der Waals surface area contributed by atoms with Gasteiger partial charge < -0.3 is 4.42 Å². The fraction of sp³-hybridized carbons (Fsp3) is 0.211. The third-order valence-corrected chi connectivity index (χ3v) is 5.43. The lowest BCUT2D eigenvalue weighted by Gasteiger charge is -2.14. The summed E-state index contributed by atoms with van der Waals surface area (Å²) >= 11 is 1.43. The van der Waals surface area contributed by atoms with Crippen molar-refractivity contribution in [1.29, 1.82) is 0 Å². The van der Waals surface area contributed by atoms with E-state index in [1.54, 1.807) is 31.3 Å². The zero-order chi connectivity index (χ0) is 20.7. The molecule has 3 aromatic rings. The van der Waals surface area contributed by atoms with Gasteiger partial charge in [-0.15, -0.1) is 11.3 Å². The van der Waals surface area contributed by atoms with Crippen LogP contribution in [0, 0.1) is 13.8 Å². The van der Waals surface area contributed by atoms with E-state index in [1.165, 1.54) is 17.6 Å². The van der Waals surface area contributed by atoms with Gasteiger partial charge in [0.2, 0.25) is 0 Å². The van der Waals surface area contributed by atoms with Crippen LogP contribution in [0.1, 0.15) is 27.5 Å². The van der Waals surface area contributed by atoms with Crippen LogP contribution in [0.4, 0.5) is 4.79 Å². The predicted molar refractivity (Wildman–Crippen MR) is 102 cm³/mol. The molecule has 0 N–H and O–H groups in total. The molecule has 0 aromatic carbocycles. The minimum atomic E-state index is -1.02. The molecule has 0 spiro atoms. The number of Topliss-reactive ketones (excluding diaryl/α,β-unsaturated/α-hetero) is 1. The molecular weight excluding hydrogens is 396 g/mol. The fourth-order valence-electron chi connectivity index (χ4n) is 3.28. The van der Waals surface area contributed by atoms with E-state index < -0.39 is 30.2 Å². The molecule has 1 aliphatic heterocycles. The van der Waals surface area contributed by atoms with Crippen molar-refractivity contribution in [3.05, 3.63) is 58.8 Å². The van der Waals surface area contributed by atoms with Crippen molar-refractivity contribution in [2.45, 2.75) is 20.4 Å². The number of hydrogen-bond donors (Lipinski definition) is 0. The third-order valence-electron chi connectivity index (χ3n) is 4.67. The Bertz CT molecular complexity index is 1110. The number of furan rings is 1. The smallest absolute Gasteiger partial charge is 0.335 e. The summed E-state index contributed by atoms with van der Waals surface area (Å²) < 4.78 is 6.96. The van der Waals surface area contributed by atoms with Gasteiger partial charge >= 0.3 is 17.8 Å².